The van der Waals surface area contributed by atoms with Gasteiger partial charge in [-0.25, -0.2) is 9.59 Å². The number of para-hydroxylation sites is 4. The molecule has 502 valence electrons. The molecule has 28 nitrogen and oxygen atoms in total. The summed E-state index contributed by atoms with van der Waals surface area (Å²) < 4.78 is 218. The van der Waals surface area contributed by atoms with Gasteiger partial charge in [-0.1, -0.05) is 24.3 Å². The van der Waals surface area contributed by atoms with Gasteiger partial charge in [0.15, 0.2) is 62.9 Å². The molecule has 8 rings (SSSR count). The molecular formula is C51H52F9N3O25S3. The number of alkyl halides is 9. The van der Waals surface area contributed by atoms with Crippen molar-refractivity contribution in [3.63, 3.8) is 0 Å². The minimum atomic E-state index is -6.02. The number of carbonyl (C=O) groups excluding carboxylic acids is 5. The number of phenolic OH excluding ortho intramolecular Hbond substituents is 4. The van der Waals surface area contributed by atoms with Gasteiger partial charge in [-0.3, -0.25) is 19.2 Å². The summed E-state index contributed by atoms with van der Waals surface area (Å²) >= 11 is 0. The van der Waals surface area contributed by atoms with Crippen LogP contribution >= 0.6 is 0 Å². The summed E-state index contributed by atoms with van der Waals surface area (Å²) in [6, 6.07) is 14.4. The minimum Gasteiger partial charge on any atom is -0.504 e. The van der Waals surface area contributed by atoms with Gasteiger partial charge < -0.3 is 75.8 Å². The zero-order valence-corrected chi connectivity index (χ0v) is 49.5. The van der Waals surface area contributed by atoms with Gasteiger partial charge in [0.25, 0.3) is 0 Å². The summed E-state index contributed by atoms with van der Waals surface area (Å²) in [7, 11) is -15.7. The third kappa shape index (κ3) is 20.6. The zero-order chi connectivity index (χ0) is 68.5. The number of ether oxygens (including phenoxy) is 5. The van der Waals surface area contributed by atoms with E-state index in [1.807, 2.05) is 0 Å². The van der Waals surface area contributed by atoms with E-state index in [2.05, 4.69) is 22.0 Å². The highest BCUT2D eigenvalue weighted by Crippen LogP contribution is 2.38. The molecule has 5 aromatic rings. The largest absolute Gasteiger partial charge is 0.534 e. The third-order valence-electron chi connectivity index (χ3n) is 11.7. The molecule has 3 saturated heterocycles. The predicted octanol–water partition coefficient (Wildman–Crippen LogP) is 5.07. The molecule has 40 heteroatoms. The Morgan fingerprint density at radius 1 is 0.516 bits per heavy atom. The highest BCUT2D eigenvalue weighted by Gasteiger charge is 2.51. The summed E-state index contributed by atoms with van der Waals surface area (Å²) in [5.41, 5.74) is -19.0. The number of halogens is 9. The molecule has 4 N–H and O–H groups in total. The lowest BCUT2D eigenvalue weighted by Gasteiger charge is -2.27. The standard InChI is InChI=1S/C14H14F3NO7S.C14H12F3NO6S.C9H7F3O6S.C8H8O4.C6H11NO2/c15-14(16,17)26(22,23)25-11-3-1-2-9(13(11)21)10(19)8-12(20)18-4-6-24-7-5-18;15-14(16,17)25(20,21)24-11-3-1-2-9-10(19)8-12(23-13(9)11)18-4-6-22-7-5-18;1-17-8(14)5-3-2-4-6(7(5)13)18-19(15,16)9(10,11)12;1-12-8(11)5-3-2-4-6(9)7(5)10;1-6(8)7-2-4-9-5-3-7/h1-3,21H,4-8H2;1-3,8H,4-7H2;2-4,13H,1H3;2-4,9-10H,1H3;2-5H2,1H3. The van der Waals surface area contributed by atoms with Gasteiger partial charge in [-0.15, -0.1) is 0 Å². The van der Waals surface area contributed by atoms with Crippen molar-refractivity contribution in [1.82, 2.24) is 9.80 Å². The Bertz CT molecular complexity index is 3810. The van der Waals surface area contributed by atoms with E-state index in [0.29, 0.717) is 52.7 Å². The summed E-state index contributed by atoms with van der Waals surface area (Å²) in [6.07, 6.45) is -0.650. The van der Waals surface area contributed by atoms with E-state index >= 15 is 0 Å². The van der Waals surface area contributed by atoms with Crippen molar-refractivity contribution in [3.05, 3.63) is 106 Å². The van der Waals surface area contributed by atoms with Gasteiger partial charge in [-0.2, -0.15) is 64.8 Å². The zero-order valence-electron chi connectivity index (χ0n) is 47.0. The smallest absolute Gasteiger partial charge is 0.504 e. The first-order valence-corrected chi connectivity index (χ1v) is 29.5. The van der Waals surface area contributed by atoms with Crippen molar-refractivity contribution >= 4 is 76.7 Å². The van der Waals surface area contributed by atoms with Gasteiger partial charge in [0.1, 0.15) is 11.1 Å². The Balaban J connectivity index is 0.000000254. The number of methoxy groups -OCH3 is 2. The number of phenols is 4. The molecule has 0 bridgehead atoms. The van der Waals surface area contributed by atoms with Gasteiger partial charge in [-0.05, 0) is 48.5 Å². The van der Waals surface area contributed by atoms with Crippen LogP contribution in [0.4, 0.5) is 45.4 Å². The number of rotatable bonds is 12. The fraction of sp³-hybridized carbons (Fsp3) is 0.373. The first-order chi connectivity index (χ1) is 42.3. The Kier molecular flexibility index (Phi) is 26.0. The maximum Gasteiger partial charge on any atom is 0.534 e. The number of esters is 2. The molecule has 0 radical (unpaired) electrons. The number of ketones is 1. The average molecular weight is 1370 g/mol. The fourth-order valence-corrected chi connectivity index (χ4v) is 8.55. The van der Waals surface area contributed by atoms with E-state index < -0.39 is 128 Å². The monoisotopic (exact) mass is 1370 g/mol. The lowest BCUT2D eigenvalue weighted by Crippen LogP contribution is -2.41. The van der Waals surface area contributed by atoms with Crippen LogP contribution in [0.3, 0.4) is 0 Å². The number of morpholine rings is 3. The highest BCUT2D eigenvalue weighted by atomic mass is 32.2. The van der Waals surface area contributed by atoms with E-state index in [9.17, 15) is 104 Å². The molecule has 0 unspecified atom stereocenters. The highest BCUT2D eigenvalue weighted by molar-refractivity contribution is 7.88. The van der Waals surface area contributed by atoms with E-state index in [1.165, 1.54) is 48.4 Å². The second-order valence-corrected chi connectivity index (χ2v) is 22.4. The van der Waals surface area contributed by atoms with Crippen molar-refractivity contribution in [2.75, 3.05) is 98.0 Å². The summed E-state index contributed by atoms with van der Waals surface area (Å²) in [5.74, 6) is -8.69. The van der Waals surface area contributed by atoms with E-state index in [4.69, 9.17) is 28.8 Å². The number of hydrogen-bond donors (Lipinski definition) is 4. The molecule has 4 heterocycles. The number of nitrogens with zero attached hydrogens (tertiary/aromatic N) is 3. The molecule has 3 aliphatic heterocycles. The number of fused-ring (bicyclic) bond motifs is 1. The van der Waals surface area contributed by atoms with Crippen molar-refractivity contribution in [3.8, 4) is 40.2 Å². The topological polar surface area (TPSA) is 382 Å². The molecular weight excluding hydrogens is 1320 g/mol. The molecule has 0 aliphatic carbocycles. The Morgan fingerprint density at radius 3 is 1.32 bits per heavy atom. The Morgan fingerprint density at radius 2 is 0.890 bits per heavy atom. The lowest BCUT2D eigenvalue weighted by molar-refractivity contribution is -0.134. The SMILES string of the molecule is CC(=O)N1CCOCC1.COC(=O)c1cccc(O)c1O.COC(=O)c1cccc(OS(=O)(=O)C(F)(F)F)c1O.O=C(CC(=O)N1CCOCC1)c1cccc(OS(=O)(=O)C(F)(F)F)c1O.O=c1cc(N2CCOCC2)oc2c(OS(=O)(=O)C(F)(F)F)cccc12. The summed E-state index contributed by atoms with van der Waals surface area (Å²) in [6.45, 7) is 7.29. The van der Waals surface area contributed by atoms with Crippen LogP contribution in [0.15, 0.2) is 88.1 Å². The van der Waals surface area contributed by atoms with Crippen LogP contribution in [0.25, 0.3) is 11.0 Å². The normalized spacial score (nSPS) is 14.6. The molecule has 1 aromatic heterocycles. The molecule has 2 amide bonds. The summed E-state index contributed by atoms with van der Waals surface area (Å²) in [5, 5.41) is 37.4. The maximum absolute atomic E-state index is 12.5. The molecule has 91 heavy (non-hydrogen) atoms. The average Bonchev–Trinajstić information content (AvgIpc) is 0.853. The van der Waals surface area contributed by atoms with Crippen molar-refractivity contribution in [2.45, 2.75) is 29.9 Å². The van der Waals surface area contributed by atoms with Crippen LogP contribution < -0.4 is 22.9 Å². The van der Waals surface area contributed by atoms with Crippen molar-refractivity contribution in [2.24, 2.45) is 0 Å². The molecule has 3 fully saturated rings. The van der Waals surface area contributed by atoms with Crippen LogP contribution in [0, 0.1) is 0 Å². The van der Waals surface area contributed by atoms with Crippen LogP contribution in [0.5, 0.6) is 40.2 Å². The quantitative estimate of drug-likeness (QED) is 0.0241. The van der Waals surface area contributed by atoms with E-state index in [-0.39, 0.29) is 47.2 Å². The van der Waals surface area contributed by atoms with Crippen molar-refractivity contribution in [1.29, 1.82) is 0 Å². The van der Waals surface area contributed by atoms with Crippen LogP contribution in [-0.2, 0) is 63.6 Å². The first-order valence-electron chi connectivity index (χ1n) is 25.2. The third-order valence-corrected chi connectivity index (χ3v) is 14.6. The molecule has 0 atom stereocenters. The number of Topliss-reactive ketones (excluding diaryl/α,β-unsaturated/α-hetero) is 1. The molecule has 3 aliphatic rings. The Labute approximate surface area is 508 Å². The van der Waals surface area contributed by atoms with Gasteiger partial charge >= 0.3 is 58.8 Å². The number of amides is 2. The Hall–Kier alpha value is -8.86. The fourth-order valence-electron chi connectivity index (χ4n) is 7.16. The number of hydrogen-bond acceptors (Lipinski definition) is 26. The second-order valence-electron chi connectivity index (χ2n) is 17.8. The second kappa shape index (κ2) is 31.7. The first kappa shape index (κ1) is 74.6. The lowest BCUT2D eigenvalue weighted by atomic mass is 10.1. The van der Waals surface area contributed by atoms with Crippen LogP contribution in [0.1, 0.15) is 44.4 Å². The minimum absolute atomic E-state index is 0.0440. The van der Waals surface area contributed by atoms with Gasteiger partial charge in [0.05, 0.1) is 71.2 Å². The van der Waals surface area contributed by atoms with E-state index in [0.717, 1.165) is 62.7 Å². The maximum atomic E-state index is 12.5. The van der Waals surface area contributed by atoms with Crippen LogP contribution in [0.2, 0.25) is 0 Å². The predicted molar refractivity (Wildman–Crippen MR) is 290 cm³/mol. The van der Waals surface area contributed by atoms with Crippen molar-refractivity contribution < 1.29 is 150 Å². The number of carbonyl (C=O) groups is 5. The molecule has 0 saturated carbocycles. The van der Waals surface area contributed by atoms with Gasteiger partial charge in [0.2, 0.25) is 11.8 Å². The number of anilines is 1. The number of aromatic hydroxyl groups is 4. The van der Waals surface area contributed by atoms with Crippen LogP contribution in [-0.4, -0.2) is 195 Å². The van der Waals surface area contributed by atoms with E-state index in [1.54, 1.807) is 16.7 Å². The van der Waals surface area contributed by atoms with Gasteiger partial charge in [0, 0.05) is 52.3 Å². The summed E-state index contributed by atoms with van der Waals surface area (Å²) in [4.78, 5) is 73.9. The number of benzene rings is 4. The molecule has 4 aromatic carbocycles. The molecule has 0 spiro atoms.